The number of carbonyl (C=O) groups is 1. The van der Waals surface area contributed by atoms with Crippen molar-refractivity contribution in [2.45, 2.75) is 0 Å². The van der Waals surface area contributed by atoms with Gasteiger partial charge in [-0.1, -0.05) is 18.2 Å². The van der Waals surface area contributed by atoms with Crippen LogP contribution < -0.4 is 0 Å². The van der Waals surface area contributed by atoms with Crippen LogP contribution in [0.2, 0.25) is 0 Å². The Labute approximate surface area is 114 Å². The third-order valence-electron chi connectivity index (χ3n) is 2.88. The first kappa shape index (κ1) is 12.2. The van der Waals surface area contributed by atoms with Crippen LogP contribution in [-0.2, 0) is 0 Å². The number of hydrogen-bond donors (Lipinski definition) is 0. The Morgan fingerprint density at radius 1 is 1.10 bits per heavy atom. The first-order chi connectivity index (χ1) is 9.79. The first-order valence-electron chi connectivity index (χ1n) is 6.01. The summed E-state index contributed by atoms with van der Waals surface area (Å²) in [5, 5.41) is 4.27. The molecule has 3 aromatic rings. The zero-order valence-corrected chi connectivity index (χ0v) is 10.4. The quantitative estimate of drug-likeness (QED) is 0.685. The van der Waals surface area contributed by atoms with E-state index in [0.717, 1.165) is 0 Å². The van der Waals surface area contributed by atoms with Gasteiger partial charge in [-0.15, -0.1) is 0 Å². The predicted molar refractivity (Wildman–Crippen MR) is 72.1 cm³/mol. The predicted octanol–water partition coefficient (Wildman–Crippen LogP) is 2.89. The van der Waals surface area contributed by atoms with Crippen LogP contribution in [0.3, 0.4) is 0 Å². The Bertz CT molecular complexity index is 753. The van der Waals surface area contributed by atoms with Crippen molar-refractivity contribution >= 4 is 6.29 Å². The van der Waals surface area contributed by atoms with Gasteiger partial charge in [-0.25, -0.2) is 14.1 Å². The second kappa shape index (κ2) is 5.05. The fourth-order valence-electron chi connectivity index (χ4n) is 1.94. The van der Waals surface area contributed by atoms with E-state index in [-0.39, 0.29) is 0 Å². The van der Waals surface area contributed by atoms with E-state index in [4.69, 9.17) is 0 Å². The number of carbonyl (C=O) groups excluding carboxylic acids is 1. The molecular weight excluding hydrogens is 257 g/mol. The Morgan fingerprint density at radius 3 is 2.60 bits per heavy atom. The molecule has 0 aliphatic carbocycles. The van der Waals surface area contributed by atoms with Crippen molar-refractivity contribution < 1.29 is 9.18 Å². The summed E-state index contributed by atoms with van der Waals surface area (Å²) in [6.45, 7) is 0. The second-order valence-corrected chi connectivity index (χ2v) is 4.16. The van der Waals surface area contributed by atoms with E-state index in [0.29, 0.717) is 28.9 Å². The molecule has 0 radical (unpaired) electrons. The van der Waals surface area contributed by atoms with Gasteiger partial charge in [-0.3, -0.25) is 4.79 Å². The summed E-state index contributed by atoms with van der Waals surface area (Å²) >= 11 is 0. The molecule has 20 heavy (non-hydrogen) atoms. The van der Waals surface area contributed by atoms with E-state index in [1.807, 2.05) is 6.07 Å². The average Bonchev–Trinajstić information content (AvgIpc) is 2.93. The average molecular weight is 267 g/mol. The highest BCUT2D eigenvalue weighted by Crippen LogP contribution is 2.24. The summed E-state index contributed by atoms with van der Waals surface area (Å²) in [7, 11) is 0. The summed E-state index contributed by atoms with van der Waals surface area (Å²) in [6, 6.07) is 11.6. The van der Waals surface area contributed by atoms with Crippen LogP contribution in [0.5, 0.6) is 0 Å². The van der Waals surface area contributed by atoms with Gasteiger partial charge in [0.05, 0.1) is 5.56 Å². The summed E-state index contributed by atoms with van der Waals surface area (Å²) in [6.07, 6.45) is 3.83. The Morgan fingerprint density at radius 2 is 1.90 bits per heavy atom. The minimum Gasteiger partial charge on any atom is -0.298 e. The maximum Gasteiger partial charge on any atom is 0.153 e. The van der Waals surface area contributed by atoms with Gasteiger partial charge in [0.25, 0.3) is 0 Å². The Kier molecular flexibility index (Phi) is 3.09. The van der Waals surface area contributed by atoms with Gasteiger partial charge in [0, 0.05) is 18.0 Å². The molecule has 0 unspecified atom stereocenters. The largest absolute Gasteiger partial charge is 0.298 e. The third-order valence-corrected chi connectivity index (χ3v) is 2.88. The topological polar surface area (TPSA) is 47.8 Å². The number of rotatable bonds is 3. The molecule has 0 amide bonds. The molecule has 4 nitrogen and oxygen atoms in total. The monoisotopic (exact) mass is 267 g/mol. The van der Waals surface area contributed by atoms with Crippen LogP contribution in [0.15, 0.2) is 54.9 Å². The van der Waals surface area contributed by atoms with Crippen LogP contribution in [-0.4, -0.2) is 21.1 Å². The number of nitrogens with zero attached hydrogens (tertiary/aromatic N) is 3. The molecule has 98 valence electrons. The van der Waals surface area contributed by atoms with E-state index < -0.39 is 5.82 Å². The lowest BCUT2D eigenvalue weighted by Gasteiger charge is -2.00. The van der Waals surface area contributed by atoms with Crippen molar-refractivity contribution in [3.8, 4) is 17.1 Å². The highest BCUT2D eigenvalue weighted by Gasteiger charge is 2.14. The number of aromatic nitrogens is 3. The molecule has 0 N–H and O–H groups in total. The Balaban J connectivity index is 2.16. The summed E-state index contributed by atoms with van der Waals surface area (Å²) in [5.74, 6) is 0.153. The SMILES string of the molecule is O=Cc1cn(-c2ccccn2)nc1-c1ccccc1F. The molecule has 5 heteroatoms. The molecular formula is C15H10FN3O. The van der Waals surface area contributed by atoms with Crippen molar-refractivity contribution in [1.29, 1.82) is 0 Å². The van der Waals surface area contributed by atoms with E-state index in [9.17, 15) is 9.18 Å². The fraction of sp³-hybridized carbons (Fsp3) is 0. The zero-order chi connectivity index (χ0) is 13.9. The zero-order valence-electron chi connectivity index (χ0n) is 10.4. The molecule has 0 atom stereocenters. The first-order valence-corrected chi connectivity index (χ1v) is 6.01. The number of aldehydes is 1. The summed E-state index contributed by atoms with van der Waals surface area (Å²) in [4.78, 5) is 15.3. The highest BCUT2D eigenvalue weighted by atomic mass is 19.1. The lowest BCUT2D eigenvalue weighted by molar-refractivity contribution is 0.112. The van der Waals surface area contributed by atoms with Gasteiger partial charge in [-0.2, -0.15) is 5.10 Å². The lowest BCUT2D eigenvalue weighted by Crippen LogP contribution is -1.97. The number of pyridine rings is 1. The molecule has 1 aromatic carbocycles. The number of hydrogen-bond acceptors (Lipinski definition) is 3. The Hall–Kier alpha value is -2.82. The third kappa shape index (κ3) is 2.09. The van der Waals surface area contributed by atoms with Crippen LogP contribution in [0.4, 0.5) is 4.39 Å². The van der Waals surface area contributed by atoms with Gasteiger partial charge >= 0.3 is 0 Å². The number of benzene rings is 1. The van der Waals surface area contributed by atoms with E-state index >= 15 is 0 Å². The standard InChI is InChI=1S/C15H10FN3O/c16-13-6-2-1-5-12(13)15-11(10-20)9-19(18-15)14-7-3-4-8-17-14/h1-10H. The van der Waals surface area contributed by atoms with Gasteiger partial charge in [0.2, 0.25) is 0 Å². The minimum absolute atomic E-state index is 0.296. The molecule has 0 fully saturated rings. The van der Waals surface area contributed by atoms with Crippen molar-refractivity contribution in [1.82, 2.24) is 14.8 Å². The summed E-state index contributed by atoms with van der Waals surface area (Å²) in [5.41, 5.74) is 0.925. The van der Waals surface area contributed by atoms with Crippen molar-refractivity contribution in [3.05, 3.63) is 66.2 Å². The molecule has 0 saturated heterocycles. The minimum atomic E-state index is -0.415. The van der Waals surface area contributed by atoms with Gasteiger partial charge in [-0.05, 0) is 24.3 Å². The van der Waals surface area contributed by atoms with E-state index in [1.54, 1.807) is 36.5 Å². The molecule has 0 saturated carbocycles. The molecule has 0 bridgehead atoms. The van der Waals surface area contributed by atoms with E-state index in [2.05, 4.69) is 10.1 Å². The highest BCUT2D eigenvalue weighted by molar-refractivity contribution is 5.85. The molecule has 2 heterocycles. The second-order valence-electron chi connectivity index (χ2n) is 4.16. The van der Waals surface area contributed by atoms with Crippen molar-refractivity contribution in [3.63, 3.8) is 0 Å². The molecule has 0 aliphatic heterocycles. The molecule has 2 aromatic heterocycles. The van der Waals surface area contributed by atoms with Crippen LogP contribution in [0.1, 0.15) is 10.4 Å². The van der Waals surface area contributed by atoms with Crippen LogP contribution in [0, 0.1) is 5.82 Å². The van der Waals surface area contributed by atoms with Crippen LogP contribution in [0.25, 0.3) is 17.1 Å². The summed E-state index contributed by atoms with van der Waals surface area (Å²) < 4.78 is 15.3. The lowest BCUT2D eigenvalue weighted by atomic mass is 10.1. The maximum absolute atomic E-state index is 13.8. The molecule has 0 spiro atoms. The maximum atomic E-state index is 13.8. The van der Waals surface area contributed by atoms with Gasteiger partial charge in [0.15, 0.2) is 12.1 Å². The molecule has 3 rings (SSSR count). The van der Waals surface area contributed by atoms with E-state index in [1.165, 1.54) is 16.9 Å². The normalized spacial score (nSPS) is 10.4. The fourth-order valence-corrected chi connectivity index (χ4v) is 1.94. The van der Waals surface area contributed by atoms with Crippen molar-refractivity contribution in [2.24, 2.45) is 0 Å². The van der Waals surface area contributed by atoms with Crippen LogP contribution >= 0.6 is 0 Å². The smallest absolute Gasteiger partial charge is 0.153 e. The van der Waals surface area contributed by atoms with Gasteiger partial charge in [0.1, 0.15) is 11.5 Å². The van der Waals surface area contributed by atoms with Crippen molar-refractivity contribution in [2.75, 3.05) is 0 Å². The van der Waals surface area contributed by atoms with Gasteiger partial charge < -0.3 is 0 Å². The number of halogens is 1. The molecule has 0 aliphatic rings.